The molecule has 0 unspecified atom stereocenters. The molecule has 1 aliphatic carbocycles. The van der Waals surface area contributed by atoms with Crippen LogP contribution in [-0.4, -0.2) is 32.8 Å². The van der Waals surface area contributed by atoms with Crippen LogP contribution in [0.25, 0.3) is 10.2 Å². The second kappa shape index (κ2) is 6.46. The molecule has 134 valence electrons. The molecule has 3 aromatic rings. The summed E-state index contributed by atoms with van der Waals surface area (Å²) >= 11 is 1.70. The molecular weight excluding hydrogens is 346 g/mol. The normalized spacial score (nSPS) is 18.5. The van der Waals surface area contributed by atoms with Gasteiger partial charge in [-0.15, -0.1) is 11.3 Å². The van der Waals surface area contributed by atoms with E-state index in [2.05, 4.69) is 25.3 Å². The number of rotatable bonds is 4. The fraction of sp³-hybridized carbons (Fsp3) is 0.474. The summed E-state index contributed by atoms with van der Waals surface area (Å²) in [5.41, 5.74) is 2.13. The monoisotopic (exact) mass is 367 g/mol. The van der Waals surface area contributed by atoms with E-state index in [1.54, 1.807) is 28.4 Å². The van der Waals surface area contributed by atoms with Gasteiger partial charge in [0.15, 0.2) is 0 Å². The molecule has 3 aromatic heterocycles. The molecule has 1 saturated carbocycles. The first kappa shape index (κ1) is 15.9. The van der Waals surface area contributed by atoms with Crippen molar-refractivity contribution in [3.63, 3.8) is 0 Å². The van der Waals surface area contributed by atoms with Crippen molar-refractivity contribution in [3.8, 4) is 0 Å². The predicted octanol–water partition coefficient (Wildman–Crippen LogP) is 3.04. The molecule has 0 amide bonds. The van der Waals surface area contributed by atoms with Crippen LogP contribution in [0.3, 0.4) is 0 Å². The van der Waals surface area contributed by atoms with Gasteiger partial charge in [0, 0.05) is 31.6 Å². The fourth-order valence-corrected chi connectivity index (χ4v) is 4.63. The number of piperidine rings is 1. The molecule has 0 radical (unpaired) electrons. The maximum absolute atomic E-state index is 12.2. The third kappa shape index (κ3) is 3.00. The minimum atomic E-state index is 0.0212. The van der Waals surface area contributed by atoms with Crippen molar-refractivity contribution in [2.75, 3.05) is 18.0 Å². The molecule has 0 bridgehead atoms. The Balaban J connectivity index is 1.28. The van der Waals surface area contributed by atoms with Gasteiger partial charge in [-0.3, -0.25) is 4.79 Å². The third-order valence-electron chi connectivity index (χ3n) is 5.45. The molecular formula is C19H21N5OS. The Bertz CT molecular complexity index is 985. The average Bonchev–Trinajstić information content (AvgIpc) is 3.40. The van der Waals surface area contributed by atoms with Crippen molar-refractivity contribution >= 4 is 27.4 Å². The lowest BCUT2D eigenvalue weighted by Gasteiger charge is -2.33. The molecule has 4 heterocycles. The smallest absolute Gasteiger partial charge is 0.266 e. The van der Waals surface area contributed by atoms with Crippen LogP contribution in [0.15, 0.2) is 34.7 Å². The number of thiophene rings is 1. The zero-order chi connectivity index (χ0) is 17.5. The number of hydrogen-bond donors (Lipinski definition) is 0. The Morgan fingerprint density at radius 3 is 2.73 bits per heavy atom. The third-order valence-corrected chi connectivity index (χ3v) is 6.35. The van der Waals surface area contributed by atoms with E-state index >= 15 is 0 Å². The molecule has 5 rings (SSSR count). The molecule has 6 nitrogen and oxygen atoms in total. The molecule has 0 spiro atoms. The first-order chi connectivity index (χ1) is 12.8. The van der Waals surface area contributed by atoms with Crippen molar-refractivity contribution in [2.24, 2.45) is 5.92 Å². The highest BCUT2D eigenvalue weighted by atomic mass is 32.1. The minimum Gasteiger partial charge on any atom is -0.355 e. The number of anilines is 1. The molecule has 2 aliphatic rings. The van der Waals surface area contributed by atoms with Crippen LogP contribution >= 0.6 is 11.3 Å². The van der Waals surface area contributed by atoms with Gasteiger partial charge in [-0.2, -0.15) is 5.10 Å². The minimum absolute atomic E-state index is 0.0212. The summed E-state index contributed by atoms with van der Waals surface area (Å²) in [5, 5.41) is 6.68. The van der Waals surface area contributed by atoms with Crippen LogP contribution < -0.4 is 10.5 Å². The highest BCUT2D eigenvalue weighted by Gasteiger charge is 2.27. The zero-order valence-corrected chi connectivity index (χ0v) is 15.4. The number of nitrogens with zero attached hydrogens (tertiary/aromatic N) is 5. The van der Waals surface area contributed by atoms with Crippen LogP contribution in [0.2, 0.25) is 0 Å². The van der Waals surface area contributed by atoms with Crippen LogP contribution in [0, 0.1) is 5.92 Å². The number of aromatic nitrogens is 4. The summed E-state index contributed by atoms with van der Waals surface area (Å²) in [6, 6.07) is 5.63. The molecule has 7 heteroatoms. The van der Waals surface area contributed by atoms with Gasteiger partial charge in [-0.05, 0) is 49.1 Å². The quantitative estimate of drug-likeness (QED) is 0.709. The lowest BCUT2D eigenvalue weighted by molar-refractivity contribution is 0.333. The van der Waals surface area contributed by atoms with E-state index in [9.17, 15) is 4.79 Å². The van der Waals surface area contributed by atoms with Gasteiger partial charge >= 0.3 is 0 Å². The maximum Gasteiger partial charge on any atom is 0.266 e. The molecule has 26 heavy (non-hydrogen) atoms. The van der Waals surface area contributed by atoms with Gasteiger partial charge in [-0.25, -0.2) is 14.6 Å². The average molecular weight is 367 g/mol. The molecule has 0 atom stereocenters. The zero-order valence-electron chi connectivity index (χ0n) is 14.5. The summed E-state index contributed by atoms with van der Waals surface area (Å²) in [6.45, 7) is 2.66. The van der Waals surface area contributed by atoms with E-state index in [4.69, 9.17) is 0 Å². The van der Waals surface area contributed by atoms with Crippen molar-refractivity contribution < 1.29 is 0 Å². The number of fused-ring (bicyclic) bond motifs is 1. The molecule has 1 aliphatic heterocycles. The Morgan fingerprint density at radius 2 is 1.92 bits per heavy atom. The summed E-state index contributed by atoms with van der Waals surface area (Å²) in [5.74, 6) is 2.12. The first-order valence-electron chi connectivity index (χ1n) is 9.29. The van der Waals surface area contributed by atoms with Gasteiger partial charge in [0.25, 0.3) is 5.56 Å². The SMILES string of the molecule is O=c1ccc(C2CC2)nn1CC1CCN(c2ncnc3ccsc23)CC1. The van der Waals surface area contributed by atoms with Crippen molar-refractivity contribution in [3.05, 3.63) is 46.0 Å². The summed E-state index contributed by atoms with van der Waals surface area (Å²) in [6.07, 6.45) is 6.18. The van der Waals surface area contributed by atoms with Crippen LogP contribution in [0.1, 0.15) is 37.3 Å². The molecule has 1 saturated heterocycles. The standard InChI is InChI=1S/C19H21N5OS/c25-17-4-3-15(14-1-2-14)22-24(17)11-13-5-8-23(9-6-13)19-18-16(7-10-26-18)20-12-21-19/h3-4,7,10,12-14H,1-2,5-6,8-9,11H2. The summed E-state index contributed by atoms with van der Waals surface area (Å²) in [7, 11) is 0. The first-order valence-corrected chi connectivity index (χ1v) is 10.2. The second-order valence-electron chi connectivity index (χ2n) is 7.32. The van der Waals surface area contributed by atoms with Crippen LogP contribution in [0.5, 0.6) is 0 Å². The molecule has 0 N–H and O–H groups in total. The van der Waals surface area contributed by atoms with Gasteiger partial charge < -0.3 is 4.90 Å². The van der Waals surface area contributed by atoms with E-state index in [1.807, 2.05) is 12.1 Å². The lowest BCUT2D eigenvalue weighted by atomic mass is 9.97. The van der Waals surface area contributed by atoms with Gasteiger partial charge in [0.1, 0.15) is 12.1 Å². The van der Waals surface area contributed by atoms with E-state index in [-0.39, 0.29) is 5.56 Å². The largest absolute Gasteiger partial charge is 0.355 e. The predicted molar refractivity (Wildman–Crippen MR) is 103 cm³/mol. The Labute approximate surface area is 155 Å². The Kier molecular flexibility index (Phi) is 3.96. The highest BCUT2D eigenvalue weighted by molar-refractivity contribution is 7.17. The Hall–Kier alpha value is -2.28. The van der Waals surface area contributed by atoms with Crippen molar-refractivity contribution in [2.45, 2.75) is 38.1 Å². The van der Waals surface area contributed by atoms with Gasteiger partial charge in [0.2, 0.25) is 0 Å². The van der Waals surface area contributed by atoms with Crippen LogP contribution in [-0.2, 0) is 6.54 Å². The van der Waals surface area contributed by atoms with Gasteiger partial charge in [-0.1, -0.05) is 0 Å². The molecule has 2 fully saturated rings. The summed E-state index contributed by atoms with van der Waals surface area (Å²) < 4.78 is 2.86. The van der Waals surface area contributed by atoms with E-state index in [0.29, 0.717) is 11.8 Å². The summed E-state index contributed by atoms with van der Waals surface area (Å²) in [4.78, 5) is 23.4. The highest BCUT2D eigenvalue weighted by Crippen LogP contribution is 2.38. The molecule has 0 aromatic carbocycles. The van der Waals surface area contributed by atoms with E-state index in [0.717, 1.165) is 49.5 Å². The lowest BCUT2D eigenvalue weighted by Crippen LogP contribution is -2.37. The van der Waals surface area contributed by atoms with Crippen LogP contribution in [0.4, 0.5) is 5.82 Å². The van der Waals surface area contributed by atoms with E-state index in [1.165, 1.54) is 17.5 Å². The van der Waals surface area contributed by atoms with E-state index < -0.39 is 0 Å². The fourth-order valence-electron chi connectivity index (χ4n) is 3.77. The number of hydrogen-bond acceptors (Lipinski definition) is 6. The second-order valence-corrected chi connectivity index (χ2v) is 8.23. The maximum atomic E-state index is 12.2. The van der Waals surface area contributed by atoms with Gasteiger partial charge in [0.05, 0.1) is 15.9 Å². The topological polar surface area (TPSA) is 63.9 Å². The van der Waals surface area contributed by atoms with Crippen molar-refractivity contribution in [1.82, 2.24) is 19.7 Å². The van der Waals surface area contributed by atoms with Crippen molar-refractivity contribution in [1.29, 1.82) is 0 Å². The Morgan fingerprint density at radius 1 is 1.08 bits per heavy atom.